The third-order valence-electron chi connectivity index (χ3n) is 10.0. The Morgan fingerprint density at radius 1 is 0.500 bits per heavy atom. The van der Waals surface area contributed by atoms with E-state index in [-0.39, 0.29) is 0 Å². The highest BCUT2D eigenvalue weighted by atomic mass is 32.1. The molecule has 0 spiro atoms. The van der Waals surface area contributed by atoms with Crippen LogP contribution in [0.1, 0.15) is 0 Å². The first kappa shape index (κ1) is 27.5. The van der Waals surface area contributed by atoms with Gasteiger partial charge in [-0.2, -0.15) is 0 Å². The zero-order valence-corrected chi connectivity index (χ0v) is 27.5. The van der Waals surface area contributed by atoms with Gasteiger partial charge in [-0.25, -0.2) is 15.0 Å². The largest absolute Gasteiger partial charge is 0.309 e. The summed E-state index contributed by atoms with van der Waals surface area (Å²) >= 11 is 1.88. The summed E-state index contributed by atoms with van der Waals surface area (Å²) in [4.78, 5) is 14.8. The van der Waals surface area contributed by atoms with E-state index in [0.29, 0.717) is 11.5 Å². The minimum atomic E-state index is 0.658. The maximum absolute atomic E-state index is 5.19. The molecule has 7 aromatic carbocycles. The van der Waals surface area contributed by atoms with E-state index in [1.54, 1.807) is 6.20 Å². The minimum Gasteiger partial charge on any atom is -0.309 e. The van der Waals surface area contributed by atoms with Gasteiger partial charge in [-0.15, -0.1) is 11.3 Å². The van der Waals surface area contributed by atoms with Gasteiger partial charge in [-0.05, 0) is 70.8 Å². The third kappa shape index (κ3) is 3.95. The number of hydrogen-bond acceptors (Lipinski definition) is 4. The zero-order chi connectivity index (χ0) is 32.8. The standard InChI is InChI=1S/C45H26N4S/c1-2-11-29-26-30(20-19-27(29)10-1)41-36-16-9-25-46-45(36)48-44(47-41)28-21-23-31(24-22-28)49-37-17-7-5-14-34(37)39-32-12-3-4-13-33(32)43-40(42(39)49)35-15-6-8-18-38(35)50-43/h1-26H. The molecule has 0 aliphatic carbocycles. The van der Waals surface area contributed by atoms with Crippen LogP contribution >= 0.6 is 11.3 Å². The van der Waals surface area contributed by atoms with Crippen molar-refractivity contribution < 1.29 is 0 Å². The van der Waals surface area contributed by atoms with Crippen molar-refractivity contribution in [2.45, 2.75) is 0 Å². The summed E-state index contributed by atoms with van der Waals surface area (Å²) < 4.78 is 5.08. The van der Waals surface area contributed by atoms with E-state index in [4.69, 9.17) is 9.97 Å². The molecule has 232 valence electrons. The predicted octanol–water partition coefficient (Wildman–Crippen LogP) is 12.1. The lowest BCUT2D eigenvalue weighted by Crippen LogP contribution is -1.98. The molecular formula is C45H26N4S. The second-order valence-corrected chi connectivity index (χ2v) is 13.9. The highest BCUT2D eigenvalue weighted by Crippen LogP contribution is 2.47. The van der Waals surface area contributed by atoms with Crippen LogP contribution in [0.2, 0.25) is 0 Å². The first-order valence-electron chi connectivity index (χ1n) is 16.8. The Morgan fingerprint density at radius 2 is 1.20 bits per heavy atom. The Hall–Kier alpha value is -6.43. The maximum atomic E-state index is 5.19. The van der Waals surface area contributed by atoms with Gasteiger partial charge in [0.15, 0.2) is 11.5 Å². The lowest BCUT2D eigenvalue weighted by Gasteiger charge is -2.12. The van der Waals surface area contributed by atoms with Gasteiger partial charge in [0.2, 0.25) is 0 Å². The molecule has 5 heteroatoms. The lowest BCUT2D eigenvalue weighted by atomic mass is 10.00. The van der Waals surface area contributed by atoms with Crippen LogP contribution in [0.15, 0.2) is 158 Å². The van der Waals surface area contributed by atoms with Crippen LogP contribution < -0.4 is 0 Å². The summed E-state index contributed by atoms with van der Waals surface area (Å²) in [6.07, 6.45) is 1.80. The number of pyridine rings is 1. The number of aromatic nitrogens is 4. The number of hydrogen-bond donors (Lipinski definition) is 0. The summed E-state index contributed by atoms with van der Waals surface area (Å²) in [7, 11) is 0. The molecule has 11 aromatic rings. The summed E-state index contributed by atoms with van der Waals surface area (Å²) in [5.41, 5.74) is 7.09. The molecule has 4 heterocycles. The Morgan fingerprint density at radius 3 is 2.08 bits per heavy atom. The average Bonchev–Trinajstić information content (AvgIpc) is 3.74. The van der Waals surface area contributed by atoms with Gasteiger partial charge in [-0.3, -0.25) is 0 Å². The van der Waals surface area contributed by atoms with Gasteiger partial charge in [0, 0.05) is 64.7 Å². The Kier molecular flexibility index (Phi) is 5.80. The van der Waals surface area contributed by atoms with E-state index >= 15 is 0 Å². The SMILES string of the molecule is c1ccc2cc(-c3nc(-c4ccc(-n5c6ccccc6c6c7ccccc7c7sc8ccccc8c7c65)cc4)nc4ncccc34)ccc2c1. The molecule has 0 fully saturated rings. The number of benzene rings is 7. The highest BCUT2D eigenvalue weighted by Gasteiger charge is 2.22. The van der Waals surface area contributed by atoms with Gasteiger partial charge >= 0.3 is 0 Å². The van der Waals surface area contributed by atoms with E-state index in [1.807, 2.05) is 17.4 Å². The summed E-state index contributed by atoms with van der Waals surface area (Å²) in [6, 6.07) is 54.1. The Balaban J connectivity index is 1.15. The van der Waals surface area contributed by atoms with Gasteiger partial charge in [0.25, 0.3) is 0 Å². The van der Waals surface area contributed by atoms with Crippen molar-refractivity contribution in [3.8, 4) is 28.3 Å². The summed E-state index contributed by atoms with van der Waals surface area (Å²) in [5.74, 6) is 0.658. The fourth-order valence-electron chi connectivity index (χ4n) is 7.79. The van der Waals surface area contributed by atoms with E-state index in [2.05, 4.69) is 155 Å². The fraction of sp³-hybridized carbons (Fsp3) is 0. The van der Waals surface area contributed by atoms with Gasteiger partial charge in [0.05, 0.1) is 16.7 Å². The molecule has 4 aromatic heterocycles. The van der Waals surface area contributed by atoms with Crippen molar-refractivity contribution >= 4 is 85.9 Å². The van der Waals surface area contributed by atoms with Crippen LogP contribution in [-0.2, 0) is 0 Å². The molecule has 0 radical (unpaired) electrons. The molecule has 0 aliphatic rings. The first-order valence-corrected chi connectivity index (χ1v) is 17.6. The van der Waals surface area contributed by atoms with Gasteiger partial charge < -0.3 is 4.57 Å². The van der Waals surface area contributed by atoms with E-state index in [0.717, 1.165) is 27.9 Å². The van der Waals surface area contributed by atoms with E-state index < -0.39 is 0 Å². The molecular weight excluding hydrogens is 629 g/mol. The molecule has 0 bridgehead atoms. The van der Waals surface area contributed by atoms with Crippen LogP contribution in [0.3, 0.4) is 0 Å². The van der Waals surface area contributed by atoms with Crippen LogP contribution in [0.5, 0.6) is 0 Å². The molecule has 4 nitrogen and oxygen atoms in total. The van der Waals surface area contributed by atoms with Crippen LogP contribution in [0.25, 0.3) is 103 Å². The van der Waals surface area contributed by atoms with Crippen molar-refractivity contribution in [1.29, 1.82) is 0 Å². The van der Waals surface area contributed by atoms with Crippen LogP contribution in [-0.4, -0.2) is 19.5 Å². The van der Waals surface area contributed by atoms with E-state index in [9.17, 15) is 0 Å². The smallest absolute Gasteiger partial charge is 0.163 e. The van der Waals surface area contributed by atoms with Crippen molar-refractivity contribution in [3.05, 3.63) is 158 Å². The first-order chi connectivity index (χ1) is 24.8. The summed E-state index contributed by atoms with van der Waals surface area (Å²) in [5, 5.41) is 11.1. The number of rotatable bonds is 3. The summed E-state index contributed by atoms with van der Waals surface area (Å²) in [6.45, 7) is 0. The number of para-hydroxylation sites is 1. The molecule has 0 amide bonds. The van der Waals surface area contributed by atoms with Crippen LogP contribution in [0, 0.1) is 0 Å². The molecule has 0 N–H and O–H groups in total. The van der Waals surface area contributed by atoms with Crippen molar-refractivity contribution in [1.82, 2.24) is 19.5 Å². The molecule has 0 unspecified atom stereocenters. The molecule has 11 rings (SSSR count). The highest BCUT2D eigenvalue weighted by molar-refractivity contribution is 7.27. The monoisotopic (exact) mass is 654 g/mol. The lowest BCUT2D eigenvalue weighted by molar-refractivity contribution is 1.17. The zero-order valence-electron chi connectivity index (χ0n) is 26.7. The topological polar surface area (TPSA) is 43.6 Å². The Bertz CT molecular complexity index is 3150. The second-order valence-electron chi connectivity index (χ2n) is 12.8. The molecule has 50 heavy (non-hydrogen) atoms. The van der Waals surface area contributed by atoms with E-state index in [1.165, 1.54) is 63.5 Å². The van der Waals surface area contributed by atoms with Gasteiger partial charge in [-0.1, -0.05) is 97.1 Å². The number of nitrogens with zero attached hydrogens (tertiary/aromatic N) is 4. The average molecular weight is 655 g/mol. The number of thiophene rings is 1. The Labute approximate surface area is 290 Å². The van der Waals surface area contributed by atoms with Crippen LogP contribution in [0.4, 0.5) is 0 Å². The van der Waals surface area contributed by atoms with Gasteiger partial charge in [0.1, 0.15) is 0 Å². The predicted molar refractivity (Wildman–Crippen MR) is 210 cm³/mol. The van der Waals surface area contributed by atoms with Crippen molar-refractivity contribution in [2.75, 3.05) is 0 Å². The fourth-order valence-corrected chi connectivity index (χ4v) is 9.04. The minimum absolute atomic E-state index is 0.658. The normalized spacial score (nSPS) is 12.0. The quantitative estimate of drug-likeness (QED) is 0.190. The van der Waals surface area contributed by atoms with Crippen molar-refractivity contribution in [2.24, 2.45) is 0 Å². The second kappa shape index (κ2) is 10.5. The maximum Gasteiger partial charge on any atom is 0.163 e. The molecule has 0 saturated heterocycles. The number of fused-ring (bicyclic) bond motifs is 12. The molecule has 0 saturated carbocycles. The molecule has 0 aliphatic heterocycles. The molecule has 0 atom stereocenters. The third-order valence-corrected chi connectivity index (χ3v) is 11.2. The van der Waals surface area contributed by atoms with Crippen molar-refractivity contribution in [3.63, 3.8) is 0 Å².